The van der Waals surface area contributed by atoms with E-state index in [2.05, 4.69) is 10.6 Å². The van der Waals surface area contributed by atoms with Crippen LogP contribution in [0.2, 0.25) is 0 Å². The Labute approximate surface area is 179 Å². The van der Waals surface area contributed by atoms with E-state index < -0.39 is 11.9 Å². The van der Waals surface area contributed by atoms with Gasteiger partial charge in [0.1, 0.15) is 11.6 Å². The molecule has 0 bridgehead atoms. The molecular weight excluding hydrogens is 399 g/mol. The van der Waals surface area contributed by atoms with Crippen LogP contribution in [0.1, 0.15) is 29.3 Å². The summed E-state index contributed by atoms with van der Waals surface area (Å²) >= 11 is 0. The topological polar surface area (TPSA) is 84.5 Å². The number of aryl methyl sites for hydroxylation is 1. The number of halogens is 1. The van der Waals surface area contributed by atoms with E-state index >= 15 is 0 Å². The highest BCUT2D eigenvalue weighted by Crippen LogP contribution is 2.23. The highest BCUT2D eigenvalue weighted by Gasteiger charge is 2.13. The molecule has 31 heavy (non-hydrogen) atoms. The number of amides is 2. The van der Waals surface area contributed by atoms with Crippen molar-refractivity contribution in [3.8, 4) is 5.75 Å². The van der Waals surface area contributed by atoms with E-state index in [-0.39, 0.29) is 30.3 Å². The summed E-state index contributed by atoms with van der Waals surface area (Å²) in [5.41, 5.74) is 1.58. The largest absolute Gasteiger partial charge is 0.427 e. The monoisotopic (exact) mass is 420 g/mol. The normalized spacial score (nSPS) is 10.3. The molecule has 0 spiro atoms. The fourth-order valence-corrected chi connectivity index (χ4v) is 2.92. The molecule has 3 aromatic rings. The Kier molecular flexibility index (Phi) is 7.11. The zero-order valence-corrected chi connectivity index (χ0v) is 16.9. The van der Waals surface area contributed by atoms with Gasteiger partial charge in [-0.2, -0.15) is 0 Å². The van der Waals surface area contributed by atoms with Gasteiger partial charge in [0.15, 0.2) is 0 Å². The van der Waals surface area contributed by atoms with Crippen molar-refractivity contribution in [2.45, 2.75) is 19.8 Å². The van der Waals surface area contributed by atoms with Crippen LogP contribution in [0.15, 0.2) is 72.8 Å². The summed E-state index contributed by atoms with van der Waals surface area (Å²) in [6.45, 7) is 1.28. The molecule has 6 nitrogen and oxygen atoms in total. The van der Waals surface area contributed by atoms with Gasteiger partial charge in [-0.15, -0.1) is 0 Å². The first kappa shape index (κ1) is 21.7. The quantitative estimate of drug-likeness (QED) is 0.433. The molecule has 3 aromatic carbocycles. The molecule has 0 aliphatic rings. The van der Waals surface area contributed by atoms with Crippen molar-refractivity contribution >= 4 is 29.2 Å². The van der Waals surface area contributed by atoms with Crippen molar-refractivity contribution in [1.82, 2.24) is 0 Å². The number of nitrogens with one attached hydrogen (secondary N) is 2. The molecule has 0 saturated heterocycles. The van der Waals surface area contributed by atoms with Crippen LogP contribution >= 0.6 is 0 Å². The Hall–Kier alpha value is -4.00. The first-order chi connectivity index (χ1) is 14.9. The van der Waals surface area contributed by atoms with Gasteiger partial charge in [0, 0.05) is 18.9 Å². The summed E-state index contributed by atoms with van der Waals surface area (Å²) in [6, 6.07) is 19.3. The second-order valence-electron chi connectivity index (χ2n) is 6.76. The van der Waals surface area contributed by atoms with E-state index in [1.165, 1.54) is 19.1 Å². The fourth-order valence-electron chi connectivity index (χ4n) is 2.92. The molecule has 2 N–H and O–H groups in total. The molecule has 158 valence electrons. The van der Waals surface area contributed by atoms with Gasteiger partial charge < -0.3 is 15.4 Å². The number of rotatable bonds is 7. The molecule has 3 rings (SSSR count). The summed E-state index contributed by atoms with van der Waals surface area (Å²) in [5.74, 6) is -1.31. The molecule has 0 aliphatic carbocycles. The molecule has 0 aromatic heterocycles. The summed E-state index contributed by atoms with van der Waals surface area (Å²) in [4.78, 5) is 36.1. The summed E-state index contributed by atoms with van der Waals surface area (Å²) in [5, 5.41) is 5.49. The van der Waals surface area contributed by atoms with Crippen molar-refractivity contribution in [2.75, 3.05) is 10.6 Å². The minimum Gasteiger partial charge on any atom is -0.427 e. The predicted octanol–water partition coefficient (Wildman–Crippen LogP) is 4.57. The van der Waals surface area contributed by atoms with Gasteiger partial charge in [-0.1, -0.05) is 36.4 Å². The van der Waals surface area contributed by atoms with Gasteiger partial charge in [0.2, 0.25) is 5.91 Å². The number of benzene rings is 3. The zero-order chi connectivity index (χ0) is 22.2. The molecule has 2 amide bonds. The molecule has 0 unspecified atom stereocenters. The van der Waals surface area contributed by atoms with Crippen LogP contribution in [0.25, 0.3) is 0 Å². The van der Waals surface area contributed by atoms with E-state index in [1.54, 1.807) is 60.7 Å². The summed E-state index contributed by atoms with van der Waals surface area (Å²) < 4.78 is 18.7. The summed E-state index contributed by atoms with van der Waals surface area (Å²) in [7, 11) is 0. The Morgan fingerprint density at radius 1 is 0.871 bits per heavy atom. The molecule has 0 radical (unpaired) electrons. The first-order valence-electron chi connectivity index (χ1n) is 9.64. The van der Waals surface area contributed by atoms with Crippen LogP contribution in [0, 0.1) is 5.82 Å². The first-order valence-corrected chi connectivity index (χ1v) is 9.64. The maximum atomic E-state index is 13.7. The van der Waals surface area contributed by atoms with Crippen molar-refractivity contribution in [3.05, 3.63) is 89.7 Å². The number of ether oxygens (including phenoxy) is 1. The van der Waals surface area contributed by atoms with Crippen molar-refractivity contribution in [2.24, 2.45) is 0 Å². The lowest BCUT2D eigenvalue weighted by Crippen LogP contribution is -2.17. The van der Waals surface area contributed by atoms with Crippen molar-refractivity contribution in [1.29, 1.82) is 0 Å². The minimum absolute atomic E-state index is 0.0909. The van der Waals surface area contributed by atoms with Crippen LogP contribution < -0.4 is 15.4 Å². The molecule has 0 fully saturated rings. The number of carbonyl (C=O) groups is 3. The maximum absolute atomic E-state index is 13.7. The molecule has 0 aliphatic heterocycles. The number of esters is 1. The molecule has 7 heteroatoms. The van der Waals surface area contributed by atoms with Gasteiger partial charge in [0.05, 0.1) is 11.4 Å². The minimum atomic E-state index is -0.485. The van der Waals surface area contributed by atoms with Crippen LogP contribution in [-0.4, -0.2) is 17.8 Å². The number of para-hydroxylation sites is 2. The second-order valence-corrected chi connectivity index (χ2v) is 6.76. The SMILES string of the molecule is CC(=O)Oc1cccc(C(=O)Nc2ccccc2NC(=O)CCc2ccccc2F)c1. The number of anilines is 2. The van der Waals surface area contributed by atoms with E-state index in [0.717, 1.165) is 0 Å². The van der Waals surface area contributed by atoms with Gasteiger partial charge >= 0.3 is 5.97 Å². The lowest BCUT2D eigenvalue weighted by Gasteiger charge is -2.13. The zero-order valence-electron chi connectivity index (χ0n) is 16.9. The lowest BCUT2D eigenvalue weighted by atomic mass is 10.1. The Morgan fingerprint density at radius 2 is 1.55 bits per heavy atom. The molecule has 0 saturated carbocycles. The molecule has 0 heterocycles. The van der Waals surface area contributed by atoms with Crippen LogP contribution in [0.5, 0.6) is 5.75 Å². The highest BCUT2D eigenvalue weighted by atomic mass is 19.1. The molecular formula is C24H21FN2O4. The van der Waals surface area contributed by atoms with Gasteiger partial charge in [-0.05, 0) is 48.4 Å². The molecule has 0 atom stereocenters. The standard InChI is InChI=1S/C24H21FN2O4/c1-16(28)31-19-9-6-8-18(15-19)24(30)27-22-12-5-4-11-21(22)26-23(29)14-13-17-7-2-3-10-20(17)25/h2-12,15H,13-14H2,1H3,(H,26,29)(H,27,30). The van der Waals surface area contributed by atoms with Crippen LogP contribution in [-0.2, 0) is 16.0 Å². The van der Waals surface area contributed by atoms with E-state index in [4.69, 9.17) is 4.74 Å². The number of hydrogen-bond donors (Lipinski definition) is 2. The third-order valence-electron chi connectivity index (χ3n) is 4.39. The van der Waals surface area contributed by atoms with E-state index in [1.807, 2.05) is 0 Å². The third kappa shape index (κ3) is 6.24. The second kappa shape index (κ2) is 10.2. The van der Waals surface area contributed by atoms with Gasteiger partial charge in [-0.3, -0.25) is 14.4 Å². The van der Waals surface area contributed by atoms with Crippen molar-refractivity contribution in [3.63, 3.8) is 0 Å². The Bertz CT molecular complexity index is 1110. The maximum Gasteiger partial charge on any atom is 0.308 e. The van der Waals surface area contributed by atoms with Gasteiger partial charge in [0.25, 0.3) is 5.91 Å². The van der Waals surface area contributed by atoms with Crippen LogP contribution in [0.3, 0.4) is 0 Å². The van der Waals surface area contributed by atoms with Gasteiger partial charge in [-0.25, -0.2) is 4.39 Å². The summed E-state index contributed by atoms with van der Waals surface area (Å²) in [6.07, 6.45) is 0.351. The Balaban J connectivity index is 1.66. The average Bonchev–Trinajstić information content (AvgIpc) is 2.74. The lowest BCUT2D eigenvalue weighted by molar-refractivity contribution is -0.131. The van der Waals surface area contributed by atoms with E-state index in [9.17, 15) is 18.8 Å². The predicted molar refractivity (Wildman–Crippen MR) is 115 cm³/mol. The number of hydrogen-bond acceptors (Lipinski definition) is 4. The van der Waals surface area contributed by atoms with E-state index in [0.29, 0.717) is 22.5 Å². The highest BCUT2D eigenvalue weighted by molar-refractivity contribution is 6.07. The average molecular weight is 420 g/mol. The fraction of sp³-hybridized carbons (Fsp3) is 0.125. The smallest absolute Gasteiger partial charge is 0.308 e. The van der Waals surface area contributed by atoms with Crippen molar-refractivity contribution < 1.29 is 23.5 Å². The third-order valence-corrected chi connectivity index (χ3v) is 4.39. The number of carbonyl (C=O) groups excluding carboxylic acids is 3. The van der Waals surface area contributed by atoms with Crippen LogP contribution in [0.4, 0.5) is 15.8 Å². The Morgan fingerprint density at radius 3 is 2.26 bits per heavy atom.